The van der Waals surface area contributed by atoms with Crippen LogP contribution in [0.5, 0.6) is 5.75 Å². The maximum absolute atomic E-state index is 6.06. The van der Waals surface area contributed by atoms with Crippen molar-refractivity contribution in [3.63, 3.8) is 0 Å². The predicted molar refractivity (Wildman–Crippen MR) is 73.9 cm³/mol. The molecule has 1 aromatic rings. The van der Waals surface area contributed by atoms with Crippen molar-refractivity contribution in [2.75, 3.05) is 13.2 Å². The second kappa shape index (κ2) is 6.87. The Bertz CT molecular complexity index is 354. The Morgan fingerprint density at radius 2 is 2.06 bits per heavy atom. The van der Waals surface area contributed by atoms with Gasteiger partial charge in [-0.2, -0.15) is 0 Å². The second-order valence-electron chi connectivity index (χ2n) is 4.46. The van der Waals surface area contributed by atoms with Crippen LogP contribution in [0, 0.1) is 5.92 Å². The lowest BCUT2D eigenvalue weighted by atomic mass is 9.86. The summed E-state index contributed by atoms with van der Waals surface area (Å²) in [5.41, 5.74) is 6.80. The normalized spacial score (nSPS) is 14.4. The highest BCUT2D eigenvalue weighted by Gasteiger charge is 2.18. The van der Waals surface area contributed by atoms with Gasteiger partial charge in [0.1, 0.15) is 5.75 Å². The fourth-order valence-corrected chi connectivity index (χ4v) is 2.16. The lowest BCUT2D eigenvalue weighted by Crippen LogP contribution is -2.13. The summed E-state index contributed by atoms with van der Waals surface area (Å²) < 4.78 is 5.65. The molecule has 0 aliphatic heterocycles. The van der Waals surface area contributed by atoms with Crippen molar-refractivity contribution in [1.82, 2.24) is 0 Å². The third-order valence-electron chi connectivity index (χ3n) is 3.24. The zero-order chi connectivity index (χ0) is 12.8. The first kappa shape index (κ1) is 14.3. The lowest BCUT2D eigenvalue weighted by molar-refractivity contribution is 0.329. The topological polar surface area (TPSA) is 35.2 Å². The number of rotatable bonds is 6. The summed E-state index contributed by atoms with van der Waals surface area (Å²) in [7, 11) is 0. The van der Waals surface area contributed by atoms with E-state index in [2.05, 4.69) is 13.8 Å². The van der Waals surface area contributed by atoms with E-state index in [1.165, 1.54) is 5.56 Å². The molecule has 2 nitrogen and oxygen atoms in total. The Balaban J connectivity index is 2.96. The van der Waals surface area contributed by atoms with E-state index in [1.807, 2.05) is 25.1 Å². The maximum Gasteiger partial charge on any atom is 0.122 e. The van der Waals surface area contributed by atoms with Gasteiger partial charge in [0.05, 0.1) is 6.61 Å². The van der Waals surface area contributed by atoms with Crippen LogP contribution in [0.4, 0.5) is 0 Å². The minimum Gasteiger partial charge on any atom is -0.494 e. The summed E-state index contributed by atoms with van der Waals surface area (Å²) in [6.45, 7) is 7.80. The summed E-state index contributed by atoms with van der Waals surface area (Å²) in [5, 5.41) is 0.759. The first-order valence-corrected chi connectivity index (χ1v) is 6.60. The van der Waals surface area contributed by atoms with Gasteiger partial charge in [-0.05, 0) is 55.5 Å². The van der Waals surface area contributed by atoms with Crippen LogP contribution in [0.15, 0.2) is 18.2 Å². The number of nitrogens with two attached hydrogens (primary N) is 1. The van der Waals surface area contributed by atoms with Crippen molar-refractivity contribution < 1.29 is 4.74 Å². The van der Waals surface area contributed by atoms with Gasteiger partial charge >= 0.3 is 0 Å². The average Bonchev–Trinajstić information content (AvgIpc) is 2.31. The Morgan fingerprint density at radius 1 is 1.35 bits per heavy atom. The molecule has 0 aliphatic carbocycles. The van der Waals surface area contributed by atoms with E-state index in [1.54, 1.807) is 0 Å². The van der Waals surface area contributed by atoms with Gasteiger partial charge in [-0.15, -0.1) is 0 Å². The molecule has 2 unspecified atom stereocenters. The number of benzene rings is 1. The van der Waals surface area contributed by atoms with Crippen LogP contribution in [-0.2, 0) is 0 Å². The molecule has 0 radical (unpaired) electrons. The van der Waals surface area contributed by atoms with Crippen LogP contribution >= 0.6 is 11.6 Å². The van der Waals surface area contributed by atoms with E-state index >= 15 is 0 Å². The quantitative estimate of drug-likeness (QED) is 0.839. The molecule has 3 heteroatoms. The van der Waals surface area contributed by atoms with Crippen molar-refractivity contribution in [1.29, 1.82) is 0 Å². The monoisotopic (exact) mass is 255 g/mol. The molecule has 1 aromatic carbocycles. The van der Waals surface area contributed by atoms with Gasteiger partial charge in [0.2, 0.25) is 0 Å². The molecule has 0 aliphatic rings. The first-order valence-electron chi connectivity index (χ1n) is 6.22. The van der Waals surface area contributed by atoms with Gasteiger partial charge < -0.3 is 10.5 Å². The molecule has 0 fully saturated rings. The van der Waals surface area contributed by atoms with E-state index in [9.17, 15) is 0 Å². The third kappa shape index (κ3) is 3.90. The number of ether oxygens (including phenoxy) is 1. The first-order chi connectivity index (χ1) is 8.10. The molecule has 2 N–H and O–H groups in total. The van der Waals surface area contributed by atoms with Crippen molar-refractivity contribution in [3.05, 3.63) is 28.8 Å². The molecular formula is C14H22ClNO. The fourth-order valence-electron chi connectivity index (χ4n) is 1.98. The number of halogens is 1. The van der Waals surface area contributed by atoms with Crippen LogP contribution < -0.4 is 10.5 Å². The molecule has 0 aromatic heterocycles. The minimum atomic E-state index is 0.402. The summed E-state index contributed by atoms with van der Waals surface area (Å²) in [6, 6.07) is 5.83. The Labute approximate surface area is 109 Å². The van der Waals surface area contributed by atoms with Gasteiger partial charge in [0.25, 0.3) is 0 Å². The number of hydrogen-bond acceptors (Lipinski definition) is 2. The molecule has 0 bridgehead atoms. The second-order valence-corrected chi connectivity index (χ2v) is 4.89. The average molecular weight is 256 g/mol. The summed E-state index contributed by atoms with van der Waals surface area (Å²) in [5.74, 6) is 1.87. The molecule has 0 heterocycles. The predicted octanol–water partition coefficient (Wildman–Crippen LogP) is 3.83. The minimum absolute atomic E-state index is 0.402. The molecular weight excluding hydrogens is 234 g/mol. The fraction of sp³-hybridized carbons (Fsp3) is 0.571. The highest BCUT2D eigenvalue weighted by molar-refractivity contribution is 6.30. The van der Waals surface area contributed by atoms with E-state index in [4.69, 9.17) is 22.1 Å². The molecule has 0 spiro atoms. The molecule has 1 rings (SSSR count). The zero-order valence-electron chi connectivity index (χ0n) is 10.9. The molecule has 96 valence electrons. The Kier molecular flexibility index (Phi) is 5.79. The SMILES string of the molecule is CCOc1ccc(Cl)cc1C(C)C(C)CCN. The Hall–Kier alpha value is -0.730. The van der Waals surface area contributed by atoms with Crippen LogP contribution in [-0.4, -0.2) is 13.2 Å². The molecule has 2 atom stereocenters. The van der Waals surface area contributed by atoms with Crippen molar-refractivity contribution >= 4 is 11.6 Å². The lowest BCUT2D eigenvalue weighted by Gasteiger charge is -2.22. The molecule has 17 heavy (non-hydrogen) atoms. The smallest absolute Gasteiger partial charge is 0.122 e. The maximum atomic E-state index is 6.06. The standard InChI is InChI=1S/C14H22ClNO/c1-4-17-14-6-5-12(15)9-13(14)11(3)10(2)7-8-16/h5-6,9-11H,4,7-8,16H2,1-3H3. The van der Waals surface area contributed by atoms with Gasteiger partial charge in [-0.3, -0.25) is 0 Å². The van der Waals surface area contributed by atoms with Gasteiger partial charge in [0.15, 0.2) is 0 Å². The van der Waals surface area contributed by atoms with Crippen molar-refractivity contribution in [3.8, 4) is 5.75 Å². The highest BCUT2D eigenvalue weighted by atomic mass is 35.5. The van der Waals surface area contributed by atoms with Crippen LogP contribution in [0.1, 0.15) is 38.7 Å². The molecule has 0 saturated heterocycles. The zero-order valence-corrected chi connectivity index (χ0v) is 11.6. The summed E-state index contributed by atoms with van der Waals surface area (Å²) in [4.78, 5) is 0. The van der Waals surface area contributed by atoms with E-state index in [0.29, 0.717) is 18.4 Å². The third-order valence-corrected chi connectivity index (χ3v) is 3.47. The largest absolute Gasteiger partial charge is 0.494 e. The van der Waals surface area contributed by atoms with Crippen LogP contribution in [0.3, 0.4) is 0 Å². The van der Waals surface area contributed by atoms with Crippen molar-refractivity contribution in [2.24, 2.45) is 11.7 Å². The van der Waals surface area contributed by atoms with Gasteiger partial charge in [-0.1, -0.05) is 25.4 Å². The van der Waals surface area contributed by atoms with Crippen LogP contribution in [0.2, 0.25) is 5.02 Å². The molecule has 0 saturated carbocycles. The van der Waals surface area contributed by atoms with E-state index in [0.717, 1.165) is 23.7 Å². The molecule has 0 amide bonds. The van der Waals surface area contributed by atoms with Crippen molar-refractivity contribution in [2.45, 2.75) is 33.1 Å². The van der Waals surface area contributed by atoms with Gasteiger partial charge in [-0.25, -0.2) is 0 Å². The van der Waals surface area contributed by atoms with E-state index < -0.39 is 0 Å². The van der Waals surface area contributed by atoms with E-state index in [-0.39, 0.29) is 0 Å². The summed E-state index contributed by atoms with van der Waals surface area (Å²) >= 11 is 6.06. The number of hydrogen-bond donors (Lipinski definition) is 1. The van der Waals surface area contributed by atoms with Gasteiger partial charge in [0, 0.05) is 5.02 Å². The summed E-state index contributed by atoms with van der Waals surface area (Å²) in [6.07, 6.45) is 1.01. The Morgan fingerprint density at radius 3 is 2.65 bits per heavy atom. The van der Waals surface area contributed by atoms with Crippen LogP contribution in [0.25, 0.3) is 0 Å². The highest BCUT2D eigenvalue weighted by Crippen LogP contribution is 2.34.